The highest BCUT2D eigenvalue weighted by atomic mass is 16.7. The lowest BCUT2D eigenvalue weighted by molar-refractivity contribution is -0.136. The molecule has 1 heterocycles. The maximum Gasteiger partial charge on any atom is 0.303 e. The molecule has 0 aliphatic carbocycles. The molecule has 7 nitrogen and oxygen atoms in total. The molecule has 1 atom stereocenters. The molecule has 0 bridgehead atoms. The Morgan fingerprint density at radius 2 is 1.76 bits per heavy atom. The van der Waals surface area contributed by atoms with Crippen LogP contribution in [0.1, 0.15) is 70.9 Å². The number of hydrogen-bond acceptors (Lipinski definition) is 5. The van der Waals surface area contributed by atoms with Crippen molar-refractivity contribution in [1.82, 2.24) is 5.32 Å². The van der Waals surface area contributed by atoms with E-state index >= 15 is 0 Å². The van der Waals surface area contributed by atoms with Crippen LogP contribution < -0.4 is 19.5 Å². The van der Waals surface area contributed by atoms with Crippen molar-refractivity contribution < 1.29 is 28.9 Å². The van der Waals surface area contributed by atoms with Gasteiger partial charge in [-0.15, -0.1) is 0 Å². The van der Waals surface area contributed by atoms with Crippen LogP contribution in [0.4, 0.5) is 0 Å². The summed E-state index contributed by atoms with van der Waals surface area (Å²) in [5.41, 5.74) is 5.26. The molecule has 1 aliphatic rings. The largest absolute Gasteiger partial charge is 0.489 e. The molecule has 0 saturated heterocycles. The molecule has 3 aromatic carbocycles. The molecule has 3 aromatic rings. The predicted octanol–water partition coefficient (Wildman–Crippen LogP) is 6.15. The van der Waals surface area contributed by atoms with Gasteiger partial charge in [-0.1, -0.05) is 61.4 Å². The van der Waals surface area contributed by atoms with E-state index < -0.39 is 5.97 Å². The van der Waals surface area contributed by atoms with E-state index in [1.165, 1.54) is 0 Å². The van der Waals surface area contributed by atoms with E-state index in [1.54, 1.807) is 18.2 Å². The van der Waals surface area contributed by atoms with Gasteiger partial charge in [0.1, 0.15) is 12.4 Å². The topological polar surface area (TPSA) is 94.1 Å². The van der Waals surface area contributed by atoms with Crippen molar-refractivity contribution in [2.75, 3.05) is 6.79 Å². The first-order chi connectivity index (χ1) is 18.2. The second-order valence-electron chi connectivity index (χ2n) is 10.2. The number of fused-ring (bicyclic) bond motifs is 1. The summed E-state index contributed by atoms with van der Waals surface area (Å²) in [7, 11) is 0. The molecule has 38 heavy (non-hydrogen) atoms. The number of aryl methyl sites for hydroxylation is 3. The predicted molar refractivity (Wildman–Crippen MR) is 145 cm³/mol. The van der Waals surface area contributed by atoms with Crippen molar-refractivity contribution in [3.05, 3.63) is 88.0 Å². The summed E-state index contributed by atoms with van der Waals surface area (Å²) in [6.45, 7) is 8.77. The third-order valence-corrected chi connectivity index (χ3v) is 6.47. The van der Waals surface area contributed by atoms with E-state index in [2.05, 4.69) is 51.2 Å². The first kappa shape index (κ1) is 27.0. The Kier molecular flexibility index (Phi) is 8.56. The second-order valence-corrected chi connectivity index (χ2v) is 10.2. The number of aliphatic carboxylic acids is 1. The summed E-state index contributed by atoms with van der Waals surface area (Å²) < 4.78 is 17.0. The van der Waals surface area contributed by atoms with Gasteiger partial charge in [-0.3, -0.25) is 9.59 Å². The molecule has 1 unspecified atom stereocenters. The van der Waals surface area contributed by atoms with E-state index in [-0.39, 0.29) is 38.2 Å². The van der Waals surface area contributed by atoms with Crippen LogP contribution in [0, 0.1) is 19.8 Å². The number of para-hydroxylation sites is 1. The zero-order valence-corrected chi connectivity index (χ0v) is 22.4. The smallest absolute Gasteiger partial charge is 0.303 e. The molecule has 7 heteroatoms. The maximum atomic E-state index is 13.7. The number of carbonyl (C=O) groups is 2. The van der Waals surface area contributed by atoms with Gasteiger partial charge in [0.15, 0.2) is 11.5 Å². The zero-order valence-electron chi connectivity index (χ0n) is 22.4. The van der Waals surface area contributed by atoms with Crippen LogP contribution in [0.3, 0.4) is 0 Å². The molecule has 200 valence electrons. The normalized spacial score (nSPS) is 12.9. The number of carbonyl (C=O) groups excluding carboxylic acids is 1. The fourth-order valence-corrected chi connectivity index (χ4v) is 4.78. The lowest BCUT2D eigenvalue weighted by Crippen LogP contribution is -2.30. The summed E-state index contributed by atoms with van der Waals surface area (Å²) in [4.78, 5) is 24.9. The van der Waals surface area contributed by atoms with Crippen LogP contribution in [-0.4, -0.2) is 23.8 Å². The highest BCUT2D eigenvalue weighted by Gasteiger charge is 2.22. The summed E-state index contributed by atoms with van der Waals surface area (Å²) >= 11 is 0. The summed E-state index contributed by atoms with van der Waals surface area (Å²) in [5, 5.41) is 12.5. The van der Waals surface area contributed by atoms with Crippen LogP contribution in [0.15, 0.2) is 54.6 Å². The van der Waals surface area contributed by atoms with Gasteiger partial charge < -0.3 is 24.6 Å². The first-order valence-corrected chi connectivity index (χ1v) is 12.9. The Balaban J connectivity index is 1.59. The standard InChI is InChI=1S/C31H35NO6/c1-19(2)12-27(24-14-20(3)13-21(4)15-24)32-31(35)26-16-25(10-8-22(26)9-11-29(33)34)36-17-23-6-5-7-28-30(23)38-18-37-28/h5-8,10,13-16,19,27H,9,11-12,17-18H2,1-4H3,(H,32,35)(H,33,34). The fraction of sp³-hybridized carbons (Fsp3) is 0.355. The Labute approximate surface area is 223 Å². The lowest BCUT2D eigenvalue weighted by Gasteiger charge is -2.23. The minimum atomic E-state index is -0.912. The molecule has 0 spiro atoms. The molecule has 2 N–H and O–H groups in total. The van der Waals surface area contributed by atoms with Crippen LogP contribution in [-0.2, 0) is 17.8 Å². The molecule has 1 amide bonds. The van der Waals surface area contributed by atoms with Gasteiger partial charge in [-0.2, -0.15) is 0 Å². The van der Waals surface area contributed by atoms with Crippen LogP contribution in [0.2, 0.25) is 0 Å². The van der Waals surface area contributed by atoms with E-state index in [4.69, 9.17) is 14.2 Å². The van der Waals surface area contributed by atoms with Crippen LogP contribution >= 0.6 is 0 Å². The van der Waals surface area contributed by atoms with Crippen molar-refractivity contribution in [2.45, 2.75) is 59.6 Å². The van der Waals surface area contributed by atoms with Crippen LogP contribution in [0.5, 0.6) is 17.2 Å². The number of carboxylic acids is 1. The SMILES string of the molecule is Cc1cc(C)cc(C(CC(C)C)NC(=O)c2cc(OCc3cccc4c3OCO4)ccc2CCC(=O)O)c1. The molecule has 1 aliphatic heterocycles. The second kappa shape index (κ2) is 12.0. The molecule has 0 radical (unpaired) electrons. The van der Waals surface area contributed by atoms with Gasteiger partial charge in [0.2, 0.25) is 6.79 Å². The number of nitrogens with one attached hydrogen (secondary N) is 1. The van der Waals surface area contributed by atoms with Crippen molar-refractivity contribution >= 4 is 11.9 Å². The Morgan fingerprint density at radius 1 is 1.00 bits per heavy atom. The number of rotatable bonds is 11. The van der Waals surface area contributed by atoms with E-state index in [1.807, 2.05) is 18.2 Å². The Bertz CT molecular complexity index is 1300. The first-order valence-electron chi connectivity index (χ1n) is 12.9. The van der Waals surface area contributed by atoms with Crippen molar-refractivity contribution in [1.29, 1.82) is 0 Å². The average molecular weight is 518 g/mol. The van der Waals surface area contributed by atoms with E-state index in [9.17, 15) is 14.7 Å². The molecule has 0 fully saturated rings. The van der Waals surface area contributed by atoms with Gasteiger partial charge >= 0.3 is 5.97 Å². The van der Waals surface area contributed by atoms with E-state index in [0.717, 1.165) is 28.7 Å². The van der Waals surface area contributed by atoms with Gasteiger partial charge in [-0.25, -0.2) is 0 Å². The average Bonchev–Trinajstić information content (AvgIpc) is 3.34. The number of ether oxygens (including phenoxy) is 3. The van der Waals surface area contributed by atoms with Crippen molar-refractivity contribution in [3.8, 4) is 17.2 Å². The third kappa shape index (κ3) is 6.85. The highest BCUT2D eigenvalue weighted by molar-refractivity contribution is 5.96. The maximum absolute atomic E-state index is 13.7. The Morgan fingerprint density at radius 3 is 2.47 bits per heavy atom. The molecular weight excluding hydrogens is 482 g/mol. The number of amides is 1. The number of benzene rings is 3. The van der Waals surface area contributed by atoms with Crippen LogP contribution in [0.25, 0.3) is 0 Å². The van der Waals surface area contributed by atoms with Crippen molar-refractivity contribution in [2.24, 2.45) is 5.92 Å². The molecule has 0 saturated carbocycles. The summed E-state index contributed by atoms with van der Waals surface area (Å²) in [5.74, 6) is 1.05. The van der Waals surface area contributed by atoms with Crippen molar-refractivity contribution in [3.63, 3.8) is 0 Å². The van der Waals surface area contributed by atoms with Gasteiger partial charge in [0, 0.05) is 17.5 Å². The monoisotopic (exact) mass is 517 g/mol. The zero-order chi connectivity index (χ0) is 27.2. The summed E-state index contributed by atoms with van der Waals surface area (Å²) in [6.07, 6.45) is 0.949. The quantitative estimate of drug-likeness (QED) is 0.317. The van der Waals surface area contributed by atoms with Gasteiger partial charge in [0.25, 0.3) is 5.91 Å². The lowest BCUT2D eigenvalue weighted by atomic mass is 9.93. The van der Waals surface area contributed by atoms with Gasteiger partial charge in [-0.05, 0) is 61.9 Å². The minimum Gasteiger partial charge on any atom is -0.489 e. The molecule has 4 rings (SSSR count). The third-order valence-electron chi connectivity index (χ3n) is 6.47. The number of hydrogen-bond donors (Lipinski definition) is 2. The highest BCUT2D eigenvalue weighted by Crippen LogP contribution is 2.36. The Hall–Kier alpha value is -4.00. The molecule has 0 aromatic heterocycles. The minimum absolute atomic E-state index is 0.0690. The van der Waals surface area contributed by atoms with Gasteiger partial charge in [0.05, 0.1) is 6.04 Å². The molecular formula is C31H35NO6. The fourth-order valence-electron chi connectivity index (χ4n) is 4.78. The summed E-state index contributed by atoms with van der Waals surface area (Å²) in [6, 6.07) is 17.0. The van der Waals surface area contributed by atoms with E-state index in [0.29, 0.717) is 34.3 Å². The number of carboxylic acid groups (broad SMARTS) is 1.